The van der Waals surface area contributed by atoms with Crippen LogP contribution < -0.4 is 15.4 Å². The molecule has 7 heteroatoms. The van der Waals surface area contributed by atoms with E-state index in [9.17, 15) is 9.59 Å². The zero-order valence-electron chi connectivity index (χ0n) is 10.1. The Labute approximate surface area is 122 Å². The van der Waals surface area contributed by atoms with Crippen LogP contribution in [0.25, 0.3) is 0 Å². The third-order valence-corrected chi connectivity index (χ3v) is 3.39. The van der Waals surface area contributed by atoms with Gasteiger partial charge in [-0.15, -0.1) is 0 Å². The summed E-state index contributed by atoms with van der Waals surface area (Å²) in [4.78, 5) is 23.2. The highest BCUT2D eigenvalue weighted by Crippen LogP contribution is 2.36. The summed E-state index contributed by atoms with van der Waals surface area (Å²) in [5.74, 6) is 0.00845. The predicted octanol–water partition coefficient (Wildman–Crippen LogP) is 2.63. The van der Waals surface area contributed by atoms with E-state index in [-0.39, 0.29) is 18.4 Å². The van der Waals surface area contributed by atoms with E-state index in [0.29, 0.717) is 27.2 Å². The van der Waals surface area contributed by atoms with Crippen molar-refractivity contribution in [3.8, 4) is 5.75 Å². The number of benzene rings is 1. The van der Waals surface area contributed by atoms with Gasteiger partial charge in [-0.2, -0.15) is 0 Å². The Balaban J connectivity index is 1.87. The van der Waals surface area contributed by atoms with E-state index < -0.39 is 0 Å². The Bertz CT molecular complexity index is 682. The second-order valence-corrected chi connectivity index (χ2v) is 4.99. The lowest BCUT2D eigenvalue weighted by molar-refractivity contribution is -0.118. The Morgan fingerprint density at radius 1 is 1.40 bits per heavy atom. The number of hydrogen-bond acceptors (Lipinski definition) is 4. The van der Waals surface area contributed by atoms with Crippen molar-refractivity contribution in [1.82, 2.24) is 0 Å². The van der Waals surface area contributed by atoms with Crippen molar-refractivity contribution in [2.75, 3.05) is 17.2 Å². The summed E-state index contributed by atoms with van der Waals surface area (Å²) in [6, 6.07) is 4.90. The van der Waals surface area contributed by atoms with Crippen LogP contribution in [-0.4, -0.2) is 18.4 Å². The molecule has 6 nitrogen and oxygen atoms in total. The fraction of sp³-hybridized carbons (Fsp3) is 0.0769. The van der Waals surface area contributed by atoms with Gasteiger partial charge in [0.1, 0.15) is 12.0 Å². The van der Waals surface area contributed by atoms with E-state index in [1.54, 1.807) is 18.2 Å². The number of amides is 2. The molecule has 0 atom stereocenters. The Morgan fingerprint density at radius 3 is 3.00 bits per heavy atom. The van der Waals surface area contributed by atoms with Crippen molar-refractivity contribution in [2.45, 2.75) is 0 Å². The van der Waals surface area contributed by atoms with Gasteiger partial charge in [-0.1, -0.05) is 0 Å². The van der Waals surface area contributed by atoms with Crippen molar-refractivity contribution >= 4 is 39.1 Å². The molecule has 3 rings (SSSR count). The van der Waals surface area contributed by atoms with Crippen LogP contribution in [-0.2, 0) is 4.79 Å². The maximum absolute atomic E-state index is 11.9. The van der Waals surface area contributed by atoms with Gasteiger partial charge < -0.3 is 19.8 Å². The fourth-order valence-corrected chi connectivity index (χ4v) is 2.23. The number of rotatable bonds is 2. The number of nitrogens with one attached hydrogen (secondary N) is 2. The number of hydrogen-bond donors (Lipinski definition) is 2. The second kappa shape index (κ2) is 5.01. The molecule has 2 heterocycles. The van der Waals surface area contributed by atoms with Gasteiger partial charge in [0.25, 0.3) is 11.8 Å². The molecule has 0 spiro atoms. The standard InChI is InChI=1S/C13H9BrN2O4/c14-8-3-10-11(20-6-12(17)15-10)4-9(8)16-13(18)7-1-2-19-5-7/h1-5H,6H2,(H,15,17)(H,16,18). The highest BCUT2D eigenvalue weighted by molar-refractivity contribution is 9.10. The molecule has 2 amide bonds. The maximum Gasteiger partial charge on any atom is 0.262 e. The van der Waals surface area contributed by atoms with Crippen molar-refractivity contribution in [1.29, 1.82) is 0 Å². The molecule has 0 aliphatic carbocycles. The number of carbonyl (C=O) groups is 2. The van der Waals surface area contributed by atoms with Crippen LogP contribution in [0.5, 0.6) is 5.75 Å². The topological polar surface area (TPSA) is 80.6 Å². The van der Waals surface area contributed by atoms with E-state index >= 15 is 0 Å². The number of anilines is 2. The molecule has 1 aliphatic heterocycles. The quantitative estimate of drug-likeness (QED) is 0.883. The van der Waals surface area contributed by atoms with Gasteiger partial charge in [-0.3, -0.25) is 9.59 Å². The first kappa shape index (κ1) is 12.7. The van der Waals surface area contributed by atoms with Crippen LogP contribution >= 0.6 is 15.9 Å². The molecular weight excluding hydrogens is 328 g/mol. The molecule has 1 aliphatic rings. The summed E-state index contributed by atoms with van der Waals surface area (Å²) < 4.78 is 10.8. The van der Waals surface area contributed by atoms with Gasteiger partial charge in [0.05, 0.1) is 23.2 Å². The van der Waals surface area contributed by atoms with Crippen LogP contribution in [0, 0.1) is 0 Å². The first-order chi connectivity index (χ1) is 9.63. The summed E-state index contributed by atoms with van der Waals surface area (Å²) in [7, 11) is 0. The number of fused-ring (bicyclic) bond motifs is 1. The van der Waals surface area contributed by atoms with Crippen LogP contribution in [0.3, 0.4) is 0 Å². The van der Waals surface area contributed by atoms with E-state index in [2.05, 4.69) is 26.6 Å². The zero-order chi connectivity index (χ0) is 14.1. The number of halogens is 1. The summed E-state index contributed by atoms with van der Waals surface area (Å²) in [5, 5.41) is 5.42. The summed E-state index contributed by atoms with van der Waals surface area (Å²) in [6.07, 6.45) is 2.79. The summed E-state index contributed by atoms with van der Waals surface area (Å²) in [5.41, 5.74) is 1.53. The third-order valence-electron chi connectivity index (χ3n) is 2.73. The first-order valence-electron chi connectivity index (χ1n) is 5.73. The molecule has 0 fully saturated rings. The normalized spacial score (nSPS) is 13.2. The van der Waals surface area contributed by atoms with E-state index in [0.717, 1.165) is 0 Å². The minimum absolute atomic E-state index is 0.0379. The van der Waals surface area contributed by atoms with Crippen LogP contribution in [0.2, 0.25) is 0 Å². The Kier molecular flexibility index (Phi) is 3.19. The van der Waals surface area contributed by atoms with Gasteiger partial charge in [-0.05, 0) is 28.1 Å². The highest BCUT2D eigenvalue weighted by Gasteiger charge is 2.19. The van der Waals surface area contributed by atoms with Gasteiger partial charge in [-0.25, -0.2) is 0 Å². The second-order valence-electron chi connectivity index (χ2n) is 4.13. The SMILES string of the molecule is O=C1COc2cc(NC(=O)c3ccoc3)c(Br)cc2N1. The van der Waals surface area contributed by atoms with E-state index in [4.69, 9.17) is 9.15 Å². The minimum atomic E-state index is -0.292. The van der Waals surface area contributed by atoms with E-state index in [1.807, 2.05) is 0 Å². The highest BCUT2D eigenvalue weighted by atomic mass is 79.9. The predicted molar refractivity (Wildman–Crippen MR) is 74.9 cm³/mol. The number of ether oxygens (including phenoxy) is 1. The average molecular weight is 337 g/mol. The van der Waals surface area contributed by atoms with E-state index in [1.165, 1.54) is 12.5 Å². The van der Waals surface area contributed by atoms with Crippen LogP contribution in [0.4, 0.5) is 11.4 Å². The molecule has 20 heavy (non-hydrogen) atoms. The van der Waals surface area contributed by atoms with Crippen molar-refractivity contribution in [2.24, 2.45) is 0 Å². The van der Waals surface area contributed by atoms with Crippen molar-refractivity contribution < 1.29 is 18.7 Å². The zero-order valence-corrected chi connectivity index (χ0v) is 11.7. The Hall–Kier alpha value is -2.28. The third kappa shape index (κ3) is 2.39. The molecule has 102 valence electrons. The molecule has 0 unspecified atom stereocenters. The minimum Gasteiger partial charge on any atom is -0.482 e. The molecule has 0 bridgehead atoms. The summed E-state index contributed by atoms with van der Waals surface area (Å²) in [6.45, 7) is -0.0379. The molecule has 0 saturated heterocycles. The maximum atomic E-state index is 11.9. The van der Waals surface area contributed by atoms with Gasteiger partial charge >= 0.3 is 0 Å². The molecular formula is C13H9BrN2O4. The summed E-state index contributed by atoms with van der Waals surface area (Å²) >= 11 is 3.34. The molecule has 2 N–H and O–H groups in total. The largest absolute Gasteiger partial charge is 0.482 e. The molecule has 1 aromatic heterocycles. The fourth-order valence-electron chi connectivity index (χ4n) is 1.78. The van der Waals surface area contributed by atoms with Gasteiger partial charge in [0, 0.05) is 10.5 Å². The monoisotopic (exact) mass is 336 g/mol. The van der Waals surface area contributed by atoms with Crippen LogP contribution in [0.1, 0.15) is 10.4 Å². The number of carbonyl (C=O) groups excluding carboxylic acids is 2. The first-order valence-corrected chi connectivity index (χ1v) is 6.52. The smallest absolute Gasteiger partial charge is 0.262 e. The van der Waals surface area contributed by atoms with Crippen LogP contribution in [0.15, 0.2) is 39.6 Å². The lowest BCUT2D eigenvalue weighted by Gasteiger charge is -2.19. The lowest BCUT2D eigenvalue weighted by Crippen LogP contribution is -2.25. The molecule has 2 aromatic rings. The van der Waals surface area contributed by atoms with Gasteiger partial charge in [0.15, 0.2) is 6.61 Å². The van der Waals surface area contributed by atoms with Crippen molar-refractivity contribution in [3.63, 3.8) is 0 Å². The average Bonchev–Trinajstić information content (AvgIpc) is 2.94. The molecule has 1 aromatic carbocycles. The lowest BCUT2D eigenvalue weighted by atomic mass is 10.2. The molecule has 0 radical (unpaired) electrons. The Morgan fingerprint density at radius 2 is 2.25 bits per heavy atom. The molecule has 0 saturated carbocycles. The van der Waals surface area contributed by atoms with Crippen molar-refractivity contribution in [3.05, 3.63) is 40.8 Å². The number of furan rings is 1. The van der Waals surface area contributed by atoms with Gasteiger partial charge in [0.2, 0.25) is 0 Å².